The van der Waals surface area contributed by atoms with Crippen LogP contribution in [-0.4, -0.2) is 29.6 Å². The number of hydrogen-bond donors (Lipinski definition) is 1. The number of rotatable bonds is 6. The first-order valence-electron chi connectivity index (χ1n) is 6.24. The molecule has 1 rings (SSSR count). The van der Waals surface area contributed by atoms with Crippen LogP contribution in [0.4, 0.5) is 0 Å². The smallest absolute Gasteiger partial charge is 0.161 e. The van der Waals surface area contributed by atoms with Crippen molar-refractivity contribution in [3.05, 3.63) is 11.9 Å². The molecule has 0 aliphatic rings. The summed E-state index contributed by atoms with van der Waals surface area (Å²) in [7, 11) is 3.34. The molecule has 5 heteroatoms. The van der Waals surface area contributed by atoms with E-state index in [1.165, 1.54) is 0 Å². The van der Waals surface area contributed by atoms with Crippen molar-refractivity contribution in [1.29, 1.82) is 0 Å². The highest BCUT2D eigenvalue weighted by Gasteiger charge is 2.27. The zero-order valence-electron chi connectivity index (χ0n) is 12.2. The van der Waals surface area contributed by atoms with Gasteiger partial charge in [0.25, 0.3) is 0 Å². The molecular formula is C13H25N3O2. The maximum Gasteiger partial charge on any atom is 0.161 e. The fourth-order valence-corrected chi connectivity index (χ4v) is 1.99. The van der Waals surface area contributed by atoms with Crippen molar-refractivity contribution < 1.29 is 9.47 Å². The van der Waals surface area contributed by atoms with Crippen LogP contribution in [0.2, 0.25) is 0 Å². The quantitative estimate of drug-likeness (QED) is 0.847. The summed E-state index contributed by atoms with van der Waals surface area (Å²) in [5, 5.41) is 4.33. The number of nitrogens with zero attached hydrogens (tertiary/aromatic N) is 2. The van der Waals surface area contributed by atoms with Gasteiger partial charge in [0.05, 0.1) is 30.6 Å². The van der Waals surface area contributed by atoms with Gasteiger partial charge in [-0.1, -0.05) is 0 Å². The second-order valence-electron chi connectivity index (χ2n) is 5.41. The molecule has 0 aliphatic carbocycles. The molecule has 1 heterocycles. The minimum absolute atomic E-state index is 0.167. The van der Waals surface area contributed by atoms with E-state index in [1.807, 2.05) is 18.5 Å². The van der Waals surface area contributed by atoms with Gasteiger partial charge in [-0.3, -0.25) is 4.68 Å². The molecule has 0 aliphatic heterocycles. The molecule has 1 aromatic heterocycles. The second kappa shape index (κ2) is 5.71. The molecular weight excluding hydrogens is 230 g/mol. The van der Waals surface area contributed by atoms with Crippen molar-refractivity contribution in [3.8, 4) is 5.75 Å². The van der Waals surface area contributed by atoms with Crippen LogP contribution < -0.4 is 10.5 Å². The minimum Gasteiger partial charge on any atom is -0.493 e. The Balaban J connectivity index is 3.03. The van der Waals surface area contributed by atoms with Crippen molar-refractivity contribution in [2.24, 2.45) is 5.73 Å². The van der Waals surface area contributed by atoms with E-state index in [-0.39, 0.29) is 17.7 Å². The fraction of sp³-hybridized carbons (Fsp3) is 0.769. The molecule has 0 bridgehead atoms. The summed E-state index contributed by atoms with van der Waals surface area (Å²) in [5.41, 5.74) is 6.96. The van der Waals surface area contributed by atoms with E-state index in [9.17, 15) is 0 Å². The van der Waals surface area contributed by atoms with Crippen LogP contribution in [0.1, 0.15) is 51.9 Å². The Morgan fingerprint density at radius 1 is 1.39 bits per heavy atom. The summed E-state index contributed by atoms with van der Waals surface area (Å²) in [6, 6.07) is 0.0837. The molecule has 1 unspecified atom stereocenters. The first-order chi connectivity index (χ1) is 8.32. The van der Waals surface area contributed by atoms with Crippen LogP contribution in [0.25, 0.3) is 0 Å². The molecule has 0 aromatic carbocycles. The Kier molecular flexibility index (Phi) is 4.76. The van der Waals surface area contributed by atoms with E-state index in [1.54, 1.807) is 20.4 Å². The molecule has 0 amide bonds. The third-order valence-corrected chi connectivity index (χ3v) is 3.12. The van der Waals surface area contributed by atoms with Gasteiger partial charge in [0, 0.05) is 13.2 Å². The lowest BCUT2D eigenvalue weighted by Gasteiger charge is -2.27. The predicted molar refractivity (Wildman–Crippen MR) is 71.8 cm³/mol. The van der Waals surface area contributed by atoms with E-state index in [4.69, 9.17) is 15.2 Å². The summed E-state index contributed by atoms with van der Waals surface area (Å²) in [5.74, 6) is 0.739. The van der Waals surface area contributed by atoms with Gasteiger partial charge in [0.1, 0.15) is 0 Å². The third kappa shape index (κ3) is 3.23. The largest absolute Gasteiger partial charge is 0.493 e. The first-order valence-corrected chi connectivity index (χ1v) is 6.24. The number of methoxy groups -OCH3 is 2. The van der Waals surface area contributed by atoms with E-state index in [0.717, 1.165) is 11.4 Å². The lowest BCUT2D eigenvalue weighted by molar-refractivity contribution is 0.00912. The average molecular weight is 255 g/mol. The van der Waals surface area contributed by atoms with Gasteiger partial charge in [-0.15, -0.1) is 0 Å². The number of hydrogen-bond acceptors (Lipinski definition) is 4. The zero-order chi connectivity index (χ0) is 13.9. The Bertz CT molecular complexity index is 386. The van der Waals surface area contributed by atoms with Crippen molar-refractivity contribution in [2.45, 2.75) is 51.8 Å². The van der Waals surface area contributed by atoms with E-state index in [2.05, 4.69) is 18.9 Å². The number of ether oxygens (including phenoxy) is 2. The monoisotopic (exact) mass is 255 g/mol. The van der Waals surface area contributed by atoms with Gasteiger partial charge >= 0.3 is 0 Å². The van der Waals surface area contributed by atoms with Crippen LogP contribution in [0.3, 0.4) is 0 Å². The summed E-state index contributed by atoms with van der Waals surface area (Å²) in [4.78, 5) is 0. The van der Waals surface area contributed by atoms with Crippen LogP contribution in [0, 0.1) is 0 Å². The van der Waals surface area contributed by atoms with Crippen molar-refractivity contribution >= 4 is 0 Å². The van der Waals surface area contributed by atoms with Gasteiger partial charge in [0.15, 0.2) is 5.75 Å². The van der Waals surface area contributed by atoms with Gasteiger partial charge in [-0.2, -0.15) is 5.10 Å². The van der Waals surface area contributed by atoms with Crippen molar-refractivity contribution in [2.75, 3.05) is 14.2 Å². The molecule has 2 N–H and O–H groups in total. The SMILES string of the molecule is COc1cnn(C(C)C)c1C(N)CC(C)(C)OC. The Morgan fingerprint density at radius 2 is 2.00 bits per heavy atom. The average Bonchev–Trinajstić information content (AvgIpc) is 2.72. The van der Waals surface area contributed by atoms with Gasteiger partial charge < -0.3 is 15.2 Å². The highest BCUT2D eigenvalue weighted by atomic mass is 16.5. The minimum atomic E-state index is -0.267. The molecule has 5 nitrogen and oxygen atoms in total. The van der Waals surface area contributed by atoms with Crippen LogP contribution >= 0.6 is 0 Å². The fourth-order valence-electron chi connectivity index (χ4n) is 1.99. The molecule has 1 aromatic rings. The predicted octanol–water partition coefficient (Wildman–Crippen LogP) is 2.29. The number of nitrogens with two attached hydrogens (primary N) is 1. The van der Waals surface area contributed by atoms with Crippen LogP contribution in [0.5, 0.6) is 5.75 Å². The lowest BCUT2D eigenvalue weighted by atomic mass is 9.97. The molecule has 0 spiro atoms. The summed E-state index contributed by atoms with van der Waals surface area (Å²) in [6.07, 6.45) is 2.42. The van der Waals surface area contributed by atoms with E-state index < -0.39 is 0 Å². The molecule has 18 heavy (non-hydrogen) atoms. The highest BCUT2D eigenvalue weighted by molar-refractivity contribution is 5.28. The Hall–Kier alpha value is -1.07. The second-order valence-corrected chi connectivity index (χ2v) is 5.41. The Labute approximate surface area is 109 Å². The van der Waals surface area contributed by atoms with Gasteiger partial charge in [-0.05, 0) is 34.1 Å². The lowest BCUT2D eigenvalue weighted by Crippen LogP contribution is -2.30. The molecule has 1 atom stereocenters. The van der Waals surface area contributed by atoms with Crippen LogP contribution in [-0.2, 0) is 4.74 Å². The van der Waals surface area contributed by atoms with E-state index >= 15 is 0 Å². The molecule has 104 valence electrons. The normalized spacial score (nSPS) is 14.0. The Morgan fingerprint density at radius 3 is 2.44 bits per heavy atom. The zero-order valence-corrected chi connectivity index (χ0v) is 12.2. The molecule has 0 saturated carbocycles. The standard InChI is InChI=1S/C13H25N3O2/c1-9(2)16-12(11(17-5)8-15-16)10(14)7-13(3,4)18-6/h8-10H,7,14H2,1-6H3. The molecule has 0 saturated heterocycles. The summed E-state index contributed by atoms with van der Waals surface area (Å²) in [6.45, 7) is 8.19. The summed E-state index contributed by atoms with van der Waals surface area (Å²) >= 11 is 0. The maximum atomic E-state index is 6.30. The van der Waals surface area contributed by atoms with E-state index in [0.29, 0.717) is 6.42 Å². The molecule has 0 fully saturated rings. The summed E-state index contributed by atoms with van der Waals surface area (Å²) < 4.78 is 12.7. The first kappa shape index (κ1) is 15.0. The highest BCUT2D eigenvalue weighted by Crippen LogP contribution is 2.31. The van der Waals surface area contributed by atoms with Gasteiger partial charge in [-0.25, -0.2) is 0 Å². The van der Waals surface area contributed by atoms with Gasteiger partial charge in [0.2, 0.25) is 0 Å². The third-order valence-electron chi connectivity index (χ3n) is 3.12. The molecule has 0 radical (unpaired) electrons. The maximum absolute atomic E-state index is 6.30. The van der Waals surface area contributed by atoms with Crippen molar-refractivity contribution in [1.82, 2.24) is 9.78 Å². The number of aromatic nitrogens is 2. The van der Waals surface area contributed by atoms with Crippen molar-refractivity contribution in [3.63, 3.8) is 0 Å². The topological polar surface area (TPSA) is 62.3 Å². The van der Waals surface area contributed by atoms with Crippen LogP contribution in [0.15, 0.2) is 6.20 Å².